The number of ether oxygens (including phenoxy) is 1. The van der Waals surface area contributed by atoms with E-state index in [2.05, 4.69) is 15.3 Å². The van der Waals surface area contributed by atoms with Crippen LogP contribution in [0.3, 0.4) is 0 Å². The molecule has 0 spiro atoms. The molecule has 2 aliphatic rings. The van der Waals surface area contributed by atoms with Crippen LogP contribution in [0, 0.1) is 13.8 Å². The summed E-state index contributed by atoms with van der Waals surface area (Å²) in [5.41, 5.74) is 5.95. The lowest BCUT2D eigenvalue weighted by atomic mass is 9.84. The zero-order chi connectivity index (χ0) is 29.6. The number of benzene rings is 2. The quantitative estimate of drug-likeness (QED) is 0.344. The first-order valence-electron chi connectivity index (χ1n) is 14.1. The van der Waals surface area contributed by atoms with Crippen LogP contribution in [-0.4, -0.2) is 76.1 Å². The van der Waals surface area contributed by atoms with Crippen molar-refractivity contribution < 1.29 is 23.1 Å². The number of rotatable bonds is 7. The van der Waals surface area contributed by atoms with Gasteiger partial charge in [-0.3, -0.25) is 4.79 Å². The molecule has 1 fully saturated rings. The Morgan fingerprint density at radius 3 is 2.81 bits per heavy atom. The van der Waals surface area contributed by atoms with Crippen molar-refractivity contribution in [2.75, 3.05) is 31.2 Å². The molecule has 0 amide bonds. The number of aromatic nitrogens is 4. The highest BCUT2D eigenvalue weighted by Gasteiger charge is 2.39. The Bertz CT molecular complexity index is 1770. The number of anilines is 1. The predicted octanol–water partition coefficient (Wildman–Crippen LogP) is 3.48. The molecule has 2 aliphatic heterocycles. The molecule has 0 radical (unpaired) electrons. The van der Waals surface area contributed by atoms with Crippen molar-refractivity contribution in [3.8, 4) is 0 Å². The zero-order valence-electron chi connectivity index (χ0n) is 23.9. The van der Waals surface area contributed by atoms with Crippen molar-refractivity contribution in [2.45, 2.75) is 57.1 Å². The molecule has 0 saturated carbocycles. The summed E-state index contributed by atoms with van der Waals surface area (Å²) in [7, 11) is -3.87. The molecule has 4 heterocycles. The maximum absolute atomic E-state index is 14.0. The van der Waals surface area contributed by atoms with Crippen LogP contribution in [0.4, 0.5) is 5.82 Å². The number of hydrogen-bond donors (Lipinski definition) is 1. The molecule has 42 heavy (non-hydrogen) atoms. The zero-order valence-corrected chi connectivity index (χ0v) is 24.7. The van der Waals surface area contributed by atoms with E-state index in [1.807, 2.05) is 60.7 Å². The summed E-state index contributed by atoms with van der Waals surface area (Å²) in [6.07, 6.45) is 1.50. The molecule has 2 atom stereocenters. The van der Waals surface area contributed by atoms with Crippen molar-refractivity contribution in [3.63, 3.8) is 0 Å². The number of morpholine rings is 1. The normalized spacial score (nSPS) is 19.2. The summed E-state index contributed by atoms with van der Waals surface area (Å²) in [5.74, 6) is -0.910. The molecule has 1 unspecified atom stereocenters. The van der Waals surface area contributed by atoms with Gasteiger partial charge in [-0.15, -0.1) is 5.10 Å². The minimum absolute atomic E-state index is 0.119. The van der Waals surface area contributed by atoms with Crippen molar-refractivity contribution >= 4 is 32.8 Å². The SMILES string of the molecule is CCn1nnc2c(C)c(C(CC(=O)O)c3ccc(C)c(CN4C[C@@H]5COCCN5c5ncccc5S4(=O)=O)c3)ccc21. The average molecular weight is 591 g/mol. The Hall–Kier alpha value is -3.87. The van der Waals surface area contributed by atoms with Crippen molar-refractivity contribution in [1.82, 2.24) is 24.3 Å². The van der Waals surface area contributed by atoms with E-state index in [4.69, 9.17) is 4.74 Å². The van der Waals surface area contributed by atoms with Crippen molar-refractivity contribution in [2.24, 2.45) is 0 Å². The standard InChI is InChI=1S/C30H34N6O5S/c1-4-36-26-10-9-24(20(3)29(26)32-33-36)25(15-28(37)38)21-8-7-19(2)22(14-21)16-34-17-23-18-41-13-12-35(23)30-27(42(34,39)40)6-5-11-31-30/h5-11,14,23,25H,4,12-13,15-18H2,1-3H3,(H,37,38)/t23-,25?/m1/s1. The van der Waals surface area contributed by atoms with Crippen LogP contribution in [-0.2, 0) is 32.6 Å². The molecule has 12 heteroatoms. The summed E-state index contributed by atoms with van der Waals surface area (Å²) in [4.78, 5) is 18.8. The number of pyridine rings is 1. The van der Waals surface area contributed by atoms with Crippen LogP contribution in [0.25, 0.3) is 11.0 Å². The first kappa shape index (κ1) is 28.3. The second kappa shape index (κ2) is 11.1. The van der Waals surface area contributed by atoms with Gasteiger partial charge in [-0.1, -0.05) is 29.5 Å². The second-order valence-corrected chi connectivity index (χ2v) is 12.8. The number of carbonyl (C=O) groups is 1. The number of aryl methyl sites for hydroxylation is 3. The summed E-state index contributed by atoms with van der Waals surface area (Å²) >= 11 is 0. The maximum Gasteiger partial charge on any atom is 0.304 e. The van der Waals surface area contributed by atoms with Crippen molar-refractivity contribution in [3.05, 3.63) is 76.5 Å². The lowest BCUT2D eigenvalue weighted by Crippen LogP contribution is -2.50. The highest BCUT2D eigenvalue weighted by molar-refractivity contribution is 7.89. The monoisotopic (exact) mass is 590 g/mol. The van der Waals surface area contributed by atoms with Crippen LogP contribution in [0.1, 0.15) is 47.1 Å². The number of nitrogens with zero attached hydrogens (tertiary/aromatic N) is 6. The third-order valence-corrected chi connectivity index (χ3v) is 10.3. The third kappa shape index (κ3) is 4.93. The van der Waals surface area contributed by atoms with Gasteiger partial charge >= 0.3 is 5.97 Å². The van der Waals surface area contributed by atoms with E-state index < -0.39 is 21.9 Å². The smallest absolute Gasteiger partial charge is 0.304 e. The lowest BCUT2D eigenvalue weighted by Gasteiger charge is -2.36. The maximum atomic E-state index is 14.0. The molecule has 1 saturated heterocycles. The summed E-state index contributed by atoms with van der Waals surface area (Å²) < 4.78 is 37.0. The van der Waals surface area contributed by atoms with Gasteiger partial charge in [0.1, 0.15) is 16.2 Å². The Balaban J connectivity index is 1.40. The van der Waals surface area contributed by atoms with Gasteiger partial charge in [0.25, 0.3) is 0 Å². The van der Waals surface area contributed by atoms with E-state index in [1.165, 1.54) is 4.31 Å². The highest BCUT2D eigenvalue weighted by atomic mass is 32.2. The number of hydrogen-bond acceptors (Lipinski definition) is 8. The van der Waals surface area contributed by atoms with Gasteiger partial charge in [-0.25, -0.2) is 18.1 Å². The van der Waals surface area contributed by atoms with Gasteiger partial charge < -0.3 is 14.7 Å². The first-order chi connectivity index (χ1) is 20.2. The van der Waals surface area contributed by atoms with E-state index in [9.17, 15) is 18.3 Å². The molecule has 0 bridgehead atoms. The summed E-state index contributed by atoms with van der Waals surface area (Å²) in [5, 5.41) is 18.5. The molecule has 2 aromatic carbocycles. The Kier molecular flexibility index (Phi) is 7.46. The number of sulfonamides is 1. The fourth-order valence-corrected chi connectivity index (χ4v) is 7.76. The lowest BCUT2D eigenvalue weighted by molar-refractivity contribution is -0.137. The van der Waals surface area contributed by atoms with Crippen LogP contribution < -0.4 is 4.90 Å². The average Bonchev–Trinajstić information content (AvgIpc) is 3.38. The minimum Gasteiger partial charge on any atom is -0.481 e. The van der Waals surface area contributed by atoms with Gasteiger partial charge in [0.05, 0.1) is 31.2 Å². The molecule has 1 N–H and O–H groups in total. The number of aliphatic carboxylic acids is 1. The predicted molar refractivity (Wildman–Crippen MR) is 157 cm³/mol. The fourth-order valence-electron chi connectivity index (χ4n) is 6.15. The largest absolute Gasteiger partial charge is 0.481 e. The third-order valence-electron chi connectivity index (χ3n) is 8.44. The van der Waals surface area contributed by atoms with Crippen molar-refractivity contribution in [1.29, 1.82) is 0 Å². The van der Waals surface area contributed by atoms with Crippen LogP contribution in [0.2, 0.25) is 0 Å². The molecule has 4 aromatic rings. The van der Waals surface area contributed by atoms with E-state index in [0.29, 0.717) is 32.1 Å². The van der Waals surface area contributed by atoms with E-state index in [-0.39, 0.29) is 30.4 Å². The molecular formula is C30H34N6O5S. The number of carboxylic acid groups (broad SMARTS) is 1. The van der Waals surface area contributed by atoms with E-state index in [0.717, 1.165) is 38.9 Å². The highest BCUT2D eigenvalue weighted by Crippen LogP contribution is 2.36. The minimum atomic E-state index is -3.87. The molecule has 2 aromatic heterocycles. The molecule has 6 rings (SSSR count). The fraction of sp³-hybridized carbons (Fsp3) is 0.400. The summed E-state index contributed by atoms with van der Waals surface area (Å²) in [6, 6.07) is 12.8. The van der Waals surface area contributed by atoms with Gasteiger partial charge in [0.2, 0.25) is 10.0 Å². The number of carboxylic acids is 1. The van der Waals surface area contributed by atoms with Gasteiger partial charge in [-0.05, 0) is 66.8 Å². The molecular weight excluding hydrogens is 556 g/mol. The topological polar surface area (TPSA) is 131 Å². The Labute approximate surface area is 244 Å². The Morgan fingerprint density at radius 2 is 2.02 bits per heavy atom. The van der Waals surface area contributed by atoms with Gasteiger partial charge in [0, 0.05) is 38.3 Å². The van der Waals surface area contributed by atoms with E-state index in [1.54, 1.807) is 18.3 Å². The first-order valence-corrected chi connectivity index (χ1v) is 15.6. The van der Waals surface area contributed by atoms with Gasteiger partial charge in [-0.2, -0.15) is 4.31 Å². The summed E-state index contributed by atoms with van der Waals surface area (Å²) in [6.45, 7) is 8.46. The van der Waals surface area contributed by atoms with E-state index >= 15 is 0 Å². The molecule has 220 valence electrons. The van der Waals surface area contributed by atoms with Crippen LogP contribution >= 0.6 is 0 Å². The molecule has 11 nitrogen and oxygen atoms in total. The van der Waals surface area contributed by atoms with Crippen LogP contribution in [0.15, 0.2) is 53.6 Å². The Morgan fingerprint density at radius 1 is 1.19 bits per heavy atom. The van der Waals surface area contributed by atoms with Crippen LogP contribution in [0.5, 0.6) is 0 Å². The second-order valence-electron chi connectivity index (χ2n) is 10.9. The van der Waals surface area contributed by atoms with Gasteiger partial charge in [0.15, 0.2) is 0 Å². The molecule has 0 aliphatic carbocycles. The number of fused-ring (bicyclic) bond motifs is 4.